The van der Waals surface area contributed by atoms with Crippen LogP contribution in [-0.4, -0.2) is 54.8 Å². The van der Waals surface area contributed by atoms with Gasteiger partial charge < -0.3 is 20.2 Å². The van der Waals surface area contributed by atoms with Crippen molar-refractivity contribution in [2.24, 2.45) is 0 Å². The summed E-state index contributed by atoms with van der Waals surface area (Å²) in [7, 11) is 0. The first kappa shape index (κ1) is 17.8. The fourth-order valence-electron chi connectivity index (χ4n) is 2.46. The highest BCUT2D eigenvalue weighted by Gasteiger charge is 2.17. The van der Waals surface area contributed by atoms with Gasteiger partial charge in [0.2, 0.25) is 11.5 Å². The molecule has 28 heavy (non-hydrogen) atoms. The molecule has 3 heterocycles. The molecule has 0 fully saturated rings. The van der Waals surface area contributed by atoms with Crippen molar-refractivity contribution in [2.75, 3.05) is 23.8 Å². The minimum atomic E-state index is -0.467. The molecule has 1 aromatic carbocycles. The Morgan fingerprint density at radius 3 is 2.96 bits per heavy atom. The third-order valence-corrected chi connectivity index (χ3v) is 3.98. The molecule has 4 N–H and O–H groups in total. The number of amides is 1. The van der Waals surface area contributed by atoms with Crippen molar-refractivity contribution in [3.05, 3.63) is 41.0 Å². The number of aliphatic hydroxyl groups excluding tert-OH is 1. The Kier molecular flexibility index (Phi) is 4.83. The highest BCUT2D eigenvalue weighted by atomic mass is 35.5. The average Bonchev–Trinajstić information content (AvgIpc) is 3.35. The number of anilines is 2. The largest absolute Gasteiger partial charge is 0.422 e. The Balaban J connectivity index is 1.58. The van der Waals surface area contributed by atoms with Gasteiger partial charge in [0.1, 0.15) is 5.15 Å². The number of aliphatic hydroxyl groups is 1. The van der Waals surface area contributed by atoms with E-state index in [2.05, 4.69) is 41.2 Å². The van der Waals surface area contributed by atoms with E-state index in [1.54, 1.807) is 24.3 Å². The zero-order valence-electron chi connectivity index (χ0n) is 14.2. The molecule has 142 valence electrons. The monoisotopic (exact) mass is 400 g/mol. The van der Waals surface area contributed by atoms with Gasteiger partial charge in [-0.2, -0.15) is 10.2 Å². The minimum absolute atomic E-state index is 0.0127. The summed E-state index contributed by atoms with van der Waals surface area (Å²) in [6.45, 7) is 0.189. The molecule has 0 saturated carbocycles. The molecule has 0 atom stereocenters. The summed E-state index contributed by atoms with van der Waals surface area (Å²) in [6, 6.07) is 8.59. The number of nitrogens with zero attached hydrogens (tertiary/aromatic N) is 5. The van der Waals surface area contributed by atoms with E-state index in [1.807, 2.05) is 0 Å². The molecule has 0 aliphatic rings. The summed E-state index contributed by atoms with van der Waals surface area (Å²) >= 11 is 6.14. The Labute approximate surface area is 162 Å². The topological polar surface area (TPSA) is 155 Å². The highest BCUT2D eigenvalue weighted by molar-refractivity contribution is 6.33. The van der Waals surface area contributed by atoms with Crippen LogP contribution >= 0.6 is 11.6 Å². The lowest BCUT2D eigenvalue weighted by molar-refractivity contribution is 0.102. The number of tetrazole rings is 1. The summed E-state index contributed by atoms with van der Waals surface area (Å²) in [5.74, 6) is -0.0623. The van der Waals surface area contributed by atoms with Crippen molar-refractivity contribution in [3.63, 3.8) is 0 Å². The maximum atomic E-state index is 12.7. The molecular formula is C16H13ClN8O3. The molecule has 0 aliphatic heterocycles. The van der Waals surface area contributed by atoms with Gasteiger partial charge in [0.25, 0.3) is 11.9 Å². The number of pyridine rings is 1. The smallest absolute Gasteiger partial charge is 0.297 e. The quantitative estimate of drug-likeness (QED) is 0.354. The number of carbonyl (C=O) groups is 1. The summed E-state index contributed by atoms with van der Waals surface area (Å²) in [6.07, 6.45) is 0. The van der Waals surface area contributed by atoms with E-state index in [-0.39, 0.29) is 41.1 Å². The van der Waals surface area contributed by atoms with E-state index >= 15 is 0 Å². The molecule has 1 amide bonds. The Bertz CT molecular complexity index is 1130. The van der Waals surface area contributed by atoms with Gasteiger partial charge in [0.05, 0.1) is 12.2 Å². The fraction of sp³-hybridized carbons (Fsp3) is 0.125. The third kappa shape index (κ3) is 3.61. The number of nitrogens with one attached hydrogen (secondary N) is 3. The number of rotatable bonds is 6. The fourth-order valence-corrected chi connectivity index (χ4v) is 2.68. The molecule has 11 nitrogen and oxygen atoms in total. The SMILES string of the molecule is O=C(Nc1cccc(-c2nn[nH]n2)c1)c1cc2oc(NCCO)nc2nc1Cl. The van der Waals surface area contributed by atoms with E-state index < -0.39 is 5.91 Å². The number of benzene rings is 1. The summed E-state index contributed by atoms with van der Waals surface area (Å²) in [5, 5.41) is 28.1. The molecule has 3 aromatic heterocycles. The second kappa shape index (κ2) is 7.58. The predicted octanol–water partition coefficient (Wildman–Crippen LogP) is 1.71. The van der Waals surface area contributed by atoms with Crippen LogP contribution in [0.3, 0.4) is 0 Å². The first-order valence-electron chi connectivity index (χ1n) is 8.11. The number of carbonyl (C=O) groups excluding carboxylic acids is 1. The van der Waals surface area contributed by atoms with Gasteiger partial charge in [-0.15, -0.1) is 10.2 Å². The number of aromatic nitrogens is 6. The third-order valence-electron chi connectivity index (χ3n) is 3.69. The van der Waals surface area contributed by atoms with Crippen LogP contribution in [0, 0.1) is 0 Å². The van der Waals surface area contributed by atoms with E-state index in [4.69, 9.17) is 21.1 Å². The zero-order chi connectivity index (χ0) is 19.5. The lowest BCUT2D eigenvalue weighted by Crippen LogP contribution is -2.13. The van der Waals surface area contributed by atoms with Crippen LogP contribution in [0.1, 0.15) is 10.4 Å². The Hall–Kier alpha value is -3.57. The molecule has 0 radical (unpaired) electrons. The zero-order valence-corrected chi connectivity index (χ0v) is 14.9. The van der Waals surface area contributed by atoms with Gasteiger partial charge in [0.15, 0.2) is 5.58 Å². The molecule has 4 aromatic rings. The number of halogens is 1. The average molecular weight is 401 g/mol. The van der Waals surface area contributed by atoms with Crippen molar-refractivity contribution in [2.45, 2.75) is 0 Å². The van der Waals surface area contributed by atoms with Crippen LogP contribution in [0.25, 0.3) is 22.6 Å². The molecule has 0 saturated heterocycles. The molecule has 0 bridgehead atoms. The van der Waals surface area contributed by atoms with Crippen molar-refractivity contribution in [1.29, 1.82) is 0 Å². The van der Waals surface area contributed by atoms with Gasteiger partial charge in [-0.1, -0.05) is 23.7 Å². The molecule has 12 heteroatoms. The maximum Gasteiger partial charge on any atom is 0.297 e. The Morgan fingerprint density at radius 1 is 1.29 bits per heavy atom. The van der Waals surface area contributed by atoms with Gasteiger partial charge in [-0.3, -0.25) is 4.79 Å². The molecule has 0 unspecified atom stereocenters. The molecular weight excluding hydrogens is 388 g/mol. The maximum absolute atomic E-state index is 12.7. The second-order valence-electron chi connectivity index (χ2n) is 5.59. The number of fused-ring (bicyclic) bond motifs is 1. The first-order valence-corrected chi connectivity index (χ1v) is 8.49. The highest BCUT2D eigenvalue weighted by Crippen LogP contribution is 2.25. The number of hydrogen-bond donors (Lipinski definition) is 4. The lowest BCUT2D eigenvalue weighted by Gasteiger charge is -2.07. The minimum Gasteiger partial charge on any atom is -0.422 e. The van der Waals surface area contributed by atoms with Crippen molar-refractivity contribution >= 4 is 40.4 Å². The summed E-state index contributed by atoms with van der Waals surface area (Å²) in [5.41, 5.74) is 1.87. The second-order valence-corrected chi connectivity index (χ2v) is 5.95. The molecule has 0 aliphatic carbocycles. The van der Waals surface area contributed by atoms with E-state index in [0.29, 0.717) is 17.1 Å². The predicted molar refractivity (Wildman–Crippen MR) is 100.0 cm³/mol. The number of oxazole rings is 1. The van der Waals surface area contributed by atoms with E-state index in [0.717, 1.165) is 0 Å². The summed E-state index contributed by atoms with van der Waals surface area (Å²) < 4.78 is 5.47. The lowest BCUT2D eigenvalue weighted by atomic mass is 10.2. The first-order chi connectivity index (χ1) is 13.6. The molecule has 0 spiro atoms. The van der Waals surface area contributed by atoms with Crippen molar-refractivity contribution < 1.29 is 14.3 Å². The normalized spacial score (nSPS) is 10.9. The van der Waals surface area contributed by atoms with Crippen LogP contribution in [-0.2, 0) is 0 Å². The van der Waals surface area contributed by atoms with Gasteiger partial charge >= 0.3 is 0 Å². The van der Waals surface area contributed by atoms with Crippen LogP contribution < -0.4 is 10.6 Å². The van der Waals surface area contributed by atoms with Crippen LogP contribution in [0.2, 0.25) is 5.15 Å². The van der Waals surface area contributed by atoms with Crippen LogP contribution in [0.4, 0.5) is 11.7 Å². The van der Waals surface area contributed by atoms with Crippen molar-refractivity contribution in [1.82, 2.24) is 30.6 Å². The van der Waals surface area contributed by atoms with Crippen LogP contribution in [0.5, 0.6) is 0 Å². The van der Waals surface area contributed by atoms with Gasteiger partial charge in [-0.25, -0.2) is 4.98 Å². The van der Waals surface area contributed by atoms with Gasteiger partial charge in [-0.05, 0) is 17.3 Å². The molecule has 4 rings (SSSR count). The Morgan fingerprint density at radius 2 is 2.18 bits per heavy atom. The standard InChI is InChI=1S/C16H13ClN8O3/c17-12-10(7-11-14(20-12)21-16(28-11)18-4-5-26)15(27)19-9-3-1-2-8(6-9)13-22-24-25-23-13/h1-3,6-7,26H,4-5H2,(H,19,27)(H,18,20,21)(H,22,23,24,25). The number of hydrogen-bond acceptors (Lipinski definition) is 9. The number of aromatic amines is 1. The summed E-state index contributed by atoms with van der Waals surface area (Å²) in [4.78, 5) is 20.8. The van der Waals surface area contributed by atoms with E-state index in [1.165, 1.54) is 6.07 Å². The van der Waals surface area contributed by atoms with Crippen molar-refractivity contribution in [3.8, 4) is 11.4 Å². The van der Waals surface area contributed by atoms with Crippen LogP contribution in [0.15, 0.2) is 34.7 Å². The number of H-pyrrole nitrogens is 1. The van der Waals surface area contributed by atoms with E-state index in [9.17, 15) is 4.79 Å². The van der Waals surface area contributed by atoms with Gasteiger partial charge in [0, 0.05) is 23.9 Å².